The summed E-state index contributed by atoms with van der Waals surface area (Å²) in [7, 11) is -1.10. The molecule has 0 aliphatic rings. The first-order valence-corrected chi connectivity index (χ1v) is 32.8. The van der Waals surface area contributed by atoms with Crippen molar-refractivity contribution in [3.63, 3.8) is 0 Å². The summed E-state index contributed by atoms with van der Waals surface area (Å²) in [6.45, 7) is 27.8. The van der Waals surface area contributed by atoms with E-state index in [1.807, 2.05) is 0 Å². The number of nitrogens with zero attached hydrogens (tertiary/aromatic N) is 2. The van der Waals surface area contributed by atoms with Gasteiger partial charge in [0.2, 0.25) is 0 Å². The number of hydrogen-bond donors (Lipinski definition) is 0. The molecule has 0 N–H and O–H groups in total. The molecule has 0 amide bonds. The highest BCUT2D eigenvalue weighted by Crippen LogP contribution is 2.53. The minimum Gasteiger partial charge on any atom is -0.311 e. The minimum absolute atomic E-state index is 0.276. The van der Waals surface area contributed by atoms with Crippen molar-refractivity contribution in [2.75, 3.05) is 9.80 Å². The van der Waals surface area contributed by atoms with E-state index in [4.69, 9.17) is 0 Å². The van der Waals surface area contributed by atoms with E-state index in [9.17, 15) is 0 Å². The molecule has 10 aromatic rings. The van der Waals surface area contributed by atoms with Crippen molar-refractivity contribution in [3.05, 3.63) is 213 Å². The van der Waals surface area contributed by atoms with Crippen LogP contribution < -0.4 is 9.80 Å². The van der Waals surface area contributed by atoms with Gasteiger partial charge in [-0.1, -0.05) is 125 Å². The Morgan fingerprint density at radius 1 is 0.243 bits per heavy atom. The standard InChI is InChI=1S/C68H72N2P4/c1-13-71-49(9)41-45(5)65(71)55-21-33-61(34-22-55)69(62-35-23-56(24-36-62)66-46(6)42-50(10)72(66)14-2)59-29-17-53(18-30-59)54-19-31-60(32-20-54)70(63-37-25-57(26-38-63)67-47(7)43-51(11)73(67)15-3)64-39-27-58(28-40-64)68-48(8)44-52(12)74(68)16-4/h17-44H,13-16H2,1-12H3. The molecule has 0 bridgehead atoms. The Morgan fingerprint density at radius 3 is 0.568 bits per heavy atom. The van der Waals surface area contributed by atoms with Crippen LogP contribution in [0.1, 0.15) is 71.1 Å². The molecule has 0 fully saturated rings. The van der Waals surface area contributed by atoms with E-state index in [0.29, 0.717) is 0 Å². The summed E-state index contributed by atoms with van der Waals surface area (Å²) in [4.78, 5) is 4.85. The zero-order valence-corrected chi connectivity index (χ0v) is 49.3. The highest BCUT2D eigenvalue weighted by molar-refractivity contribution is 7.54. The Labute approximate surface area is 447 Å². The van der Waals surface area contributed by atoms with Gasteiger partial charge in [0, 0.05) is 55.3 Å². The first-order chi connectivity index (χ1) is 35.8. The van der Waals surface area contributed by atoms with Crippen LogP contribution in [0.4, 0.5) is 34.1 Å². The highest BCUT2D eigenvalue weighted by atomic mass is 31.1. The normalized spacial score (nSPS) is 12.4. The molecule has 4 heterocycles. The Morgan fingerprint density at radius 2 is 0.405 bits per heavy atom. The molecule has 0 aliphatic heterocycles. The second-order valence-corrected chi connectivity index (χ2v) is 30.8. The Balaban J connectivity index is 0.993. The van der Waals surface area contributed by atoms with Crippen molar-refractivity contribution in [2.45, 2.75) is 108 Å². The molecule has 0 radical (unpaired) electrons. The maximum Gasteiger partial charge on any atom is 0.0462 e. The van der Waals surface area contributed by atoms with Crippen LogP contribution in [0.25, 0.3) is 54.6 Å². The van der Waals surface area contributed by atoms with Crippen LogP contribution in [-0.2, 0) is 24.6 Å². The Bertz CT molecular complexity index is 3140. The van der Waals surface area contributed by atoms with Gasteiger partial charge in [-0.05, 0) is 230 Å². The molecule has 10 rings (SSSR count). The molecule has 374 valence electrons. The lowest BCUT2D eigenvalue weighted by molar-refractivity contribution is 1.28. The lowest BCUT2D eigenvalue weighted by atomic mass is 10.0. The summed E-state index contributed by atoms with van der Waals surface area (Å²) < 4.78 is 0. The highest BCUT2D eigenvalue weighted by Gasteiger charge is 2.21. The largest absolute Gasteiger partial charge is 0.311 e. The molecule has 0 spiro atoms. The van der Waals surface area contributed by atoms with Crippen LogP contribution in [0.5, 0.6) is 0 Å². The van der Waals surface area contributed by atoms with Crippen molar-refractivity contribution in [1.29, 1.82) is 0 Å². The van der Waals surface area contributed by atoms with Gasteiger partial charge < -0.3 is 9.80 Å². The van der Waals surface area contributed by atoms with Gasteiger partial charge in [-0.25, -0.2) is 0 Å². The second-order valence-electron chi connectivity index (χ2n) is 20.2. The van der Waals surface area contributed by atoms with Gasteiger partial charge in [-0.2, -0.15) is 0 Å². The van der Waals surface area contributed by atoms with Crippen molar-refractivity contribution in [2.24, 2.45) is 0 Å². The van der Waals surface area contributed by atoms with Gasteiger partial charge in [-0.15, -0.1) is 30.1 Å². The zero-order valence-electron chi connectivity index (χ0n) is 45.7. The average Bonchev–Trinajstić information content (AvgIpc) is 4.09. The topological polar surface area (TPSA) is 6.48 Å². The van der Waals surface area contributed by atoms with E-state index < -0.39 is 0 Å². The molecule has 4 aromatic heterocycles. The molecular weight excluding hydrogens is 969 g/mol. The number of benzene rings is 6. The maximum atomic E-state index is 2.43. The maximum absolute atomic E-state index is 2.43. The van der Waals surface area contributed by atoms with Crippen molar-refractivity contribution in [3.8, 4) is 54.6 Å². The monoisotopic (exact) mass is 1040 g/mol. The smallest absolute Gasteiger partial charge is 0.0462 e. The summed E-state index contributed by atoms with van der Waals surface area (Å²) >= 11 is 0. The third-order valence-electron chi connectivity index (χ3n) is 15.4. The lowest BCUT2D eigenvalue weighted by Crippen LogP contribution is -2.10. The molecule has 6 aromatic carbocycles. The summed E-state index contributed by atoms with van der Waals surface area (Å²) in [6, 6.07) is 65.5. The van der Waals surface area contributed by atoms with E-state index in [0.717, 1.165) is 34.1 Å². The van der Waals surface area contributed by atoms with Gasteiger partial charge in [0.15, 0.2) is 0 Å². The zero-order chi connectivity index (χ0) is 51.9. The van der Waals surface area contributed by atoms with Crippen LogP contribution in [0, 0.1) is 55.4 Å². The van der Waals surface area contributed by atoms with Crippen molar-refractivity contribution in [1.82, 2.24) is 0 Å². The van der Waals surface area contributed by atoms with Crippen LogP contribution in [0.3, 0.4) is 0 Å². The fraction of sp³-hybridized carbons (Fsp3) is 0.235. The second kappa shape index (κ2) is 21.7. The van der Waals surface area contributed by atoms with Crippen molar-refractivity contribution < 1.29 is 0 Å². The summed E-state index contributed by atoms with van der Waals surface area (Å²) in [5.74, 6) is 0. The predicted molar refractivity (Wildman–Crippen MR) is 334 cm³/mol. The van der Waals surface area contributed by atoms with Gasteiger partial charge >= 0.3 is 0 Å². The van der Waals surface area contributed by atoms with Crippen LogP contribution in [0.2, 0.25) is 0 Å². The average molecular weight is 1040 g/mol. The number of hydrogen-bond acceptors (Lipinski definition) is 2. The lowest BCUT2D eigenvalue weighted by Gasteiger charge is -2.27. The molecule has 0 saturated carbocycles. The van der Waals surface area contributed by atoms with Crippen LogP contribution >= 0.6 is 30.1 Å². The first-order valence-electron chi connectivity index (χ1n) is 26.7. The van der Waals surface area contributed by atoms with E-state index >= 15 is 0 Å². The van der Waals surface area contributed by atoms with Gasteiger partial charge in [0.05, 0.1) is 0 Å². The fourth-order valence-electron chi connectivity index (χ4n) is 12.1. The fourth-order valence-corrected chi connectivity index (χ4v) is 22.0. The van der Waals surface area contributed by atoms with E-state index in [1.54, 1.807) is 0 Å². The first kappa shape index (κ1) is 51.5. The molecule has 4 unspecified atom stereocenters. The molecular formula is C68H72N2P4. The SMILES string of the molecule is CCp1c(C)cc(C)c1-c1ccc(N(c2ccc(-c3ccc(N(c4ccc(-c5c(C)cc(C)p5CC)cc4)c4ccc(-c5c(C)cc(C)p5CC)cc4)cc3)cc2)c2ccc(-c3c(C)cc(C)p3CC)cc2)cc1. The Kier molecular flexibility index (Phi) is 15.1. The van der Waals surface area contributed by atoms with Gasteiger partial charge in [-0.3, -0.25) is 0 Å². The number of anilines is 6. The van der Waals surface area contributed by atoms with E-state index in [1.165, 1.54) is 123 Å². The third-order valence-corrected chi connectivity index (χ3v) is 26.5. The predicted octanol–water partition coefficient (Wildman–Crippen LogP) is 23.5. The molecule has 6 heteroatoms. The van der Waals surface area contributed by atoms with Gasteiger partial charge in [0.1, 0.15) is 0 Å². The molecule has 4 atom stereocenters. The van der Waals surface area contributed by atoms with E-state index in [2.05, 4.69) is 263 Å². The Hall–Kier alpha value is -5.96. The summed E-state index contributed by atoms with van der Waals surface area (Å²) in [6.07, 6.45) is 4.71. The molecule has 2 nitrogen and oxygen atoms in total. The quantitative estimate of drug-likeness (QED) is 0.101. The molecule has 74 heavy (non-hydrogen) atoms. The molecule has 0 saturated heterocycles. The minimum atomic E-state index is -0.276. The summed E-state index contributed by atoms with van der Waals surface area (Å²) in [5.41, 5.74) is 20.4. The van der Waals surface area contributed by atoms with Crippen molar-refractivity contribution >= 4 is 64.3 Å². The third kappa shape index (κ3) is 9.66. The van der Waals surface area contributed by atoms with Crippen LogP contribution in [0.15, 0.2) is 170 Å². The van der Waals surface area contributed by atoms with Crippen LogP contribution in [-0.4, -0.2) is 0 Å². The summed E-state index contributed by atoms with van der Waals surface area (Å²) in [5, 5.41) is 12.3. The number of aryl methyl sites for hydroxylation is 8. The number of rotatable bonds is 15. The molecule has 0 aliphatic carbocycles. The van der Waals surface area contributed by atoms with Gasteiger partial charge in [0.25, 0.3) is 0 Å². The van der Waals surface area contributed by atoms with E-state index in [-0.39, 0.29) is 30.1 Å².